The van der Waals surface area contributed by atoms with E-state index in [1.165, 1.54) is 12.3 Å². The van der Waals surface area contributed by atoms with E-state index in [1.807, 2.05) is 6.92 Å². The van der Waals surface area contributed by atoms with Crippen LogP contribution in [-0.2, 0) is 0 Å². The molecule has 2 aromatic rings. The van der Waals surface area contributed by atoms with Crippen molar-refractivity contribution in [1.29, 1.82) is 0 Å². The third-order valence-corrected chi connectivity index (χ3v) is 3.45. The third-order valence-electron chi connectivity index (χ3n) is 3.21. The van der Waals surface area contributed by atoms with Crippen molar-refractivity contribution in [2.75, 3.05) is 12.0 Å². The van der Waals surface area contributed by atoms with E-state index in [4.69, 9.17) is 16.3 Å². The number of hydrazone groups is 1. The predicted octanol–water partition coefficient (Wildman–Crippen LogP) is 4.39. The first kappa shape index (κ1) is 19.1. The van der Waals surface area contributed by atoms with E-state index in [2.05, 4.69) is 10.5 Å². The number of anilines is 1. The molecule has 0 spiro atoms. The minimum absolute atomic E-state index is 0.0231. The number of hydrogen-bond donors (Lipinski definition) is 1. The molecule has 0 atom stereocenters. The zero-order valence-electron chi connectivity index (χ0n) is 13.7. The van der Waals surface area contributed by atoms with Crippen LogP contribution in [0, 0.1) is 20.2 Å². The van der Waals surface area contributed by atoms with Gasteiger partial charge in [0.05, 0.1) is 28.7 Å². The number of non-ortho nitro benzene ring substituents is 1. The van der Waals surface area contributed by atoms with Gasteiger partial charge in [0.15, 0.2) is 0 Å². The van der Waals surface area contributed by atoms with Crippen molar-refractivity contribution in [2.45, 2.75) is 13.3 Å². The lowest BCUT2D eigenvalue weighted by atomic mass is 10.2. The number of benzene rings is 2. The SMILES string of the molecule is CCCOc1ccc(Cl)cc1/C=N/Nc1ccc([N+](=O)[O-])cc1[N+](=O)[O-]. The molecule has 26 heavy (non-hydrogen) atoms. The van der Waals surface area contributed by atoms with Crippen LogP contribution in [0.1, 0.15) is 18.9 Å². The van der Waals surface area contributed by atoms with Gasteiger partial charge in [-0.1, -0.05) is 18.5 Å². The zero-order valence-corrected chi connectivity index (χ0v) is 14.5. The molecule has 0 saturated heterocycles. The van der Waals surface area contributed by atoms with Crippen molar-refractivity contribution in [3.63, 3.8) is 0 Å². The smallest absolute Gasteiger partial charge is 0.301 e. The Morgan fingerprint density at radius 2 is 1.96 bits per heavy atom. The standard InChI is InChI=1S/C16H15ClN4O5/c1-2-7-26-16-6-3-12(17)8-11(16)10-18-19-14-5-4-13(20(22)23)9-15(14)21(24)25/h3-6,8-10,19H,2,7H2,1H3/b18-10+. The average Bonchev–Trinajstić information content (AvgIpc) is 2.61. The maximum atomic E-state index is 11.1. The first-order valence-corrected chi connectivity index (χ1v) is 7.94. The van der Waals surface area contributed by atoms with Gasteiger partial charge < -0.3 is 4.74 Å². The summed E-state index contributed by atoms with van der Waals surface area (Å²) in [6.45, 7) is 2.49. The molecule has 0 aliphatic carbocycles. The highest BCUT2D eigenvalue weighted by molar-refractivity contribution is 6.30. The summed E-state index contributed by atoms with van der Waals surface area (Å²) in [5.41, 5.74) is 2.30. The molecule has 0 aliphatic rings. The Balaban J connectivity index is 2.24. The van der Waals surface area contributed by atoms with Crippen molar-refractivity contribution in [1.82, 2.24) is 0 Å². The molecule has 0 aromatic heterocycles. The van der Waals surface area contributed by atoms with Gasteiger partial charge in [-0.3, -0.25) is 25.7 Å². The molecule has 0 aliphatic heterocycles. The van der Waals surface area contributed by atoms with E-state index in [0.717, 1.165) is 18.6 Å². The third kappa shape index (κ3) is 4.90. The van der Waals surface area contributed by atoms with Crippen molar-refractivity contribution in [2.24, 2.45) is 5.10 Å². The van der Waals surface area contributed by atoms with E-state index >= 15 is 0 Å². The zero-order chi connectivity index (χ0) is 19.1. The molecule has 10 heteroatoms. The molecule has 0 bridgehead atoms. The molecular weight excluding hydrogens is 364 g/mol. The number of nitrogens with one attached hydrogen (secondary N) is 1. The largest absolute Gasteiger partial charge is 0.493 e. The summed E-state index contributed by atoms with van der Waals surface area (Å²) in [4.78, 5) is 20.4. The molecule has 0 saturated carbocycles. The van der Waals surface area contributed by atoms with Gasteiger partial charge in [-0.2, -0.15) is 5.10 Å². The van der Waals surface area contributed by atoms with Crippen molar-refractivity contribution in [3.8, 4) is 5.75 Å². The first-order valence-electron chi connectivity index (χ1n) is 7.56. The van der Waals surface area contributed by atoms with E-state index in [9.17, 15) is 20.2 Å². The molecule has 2 aromatic carbocycles. The lowest BCUT2D eigenvalue weighted by molar-refractivity contribution is -0.393. The van der Waals surface area contributed by atoms with Crippen LogP contribution in [0.5, 0.6) is 5.75 Å². The van der Waals surface area contributed by atoms with Crippen LogP contribution >= 0.6 is 11.6 Å². The van der Waals surface area contributed by atoms with Crippen LogP contribution in [-0.4, -0.2) is 22.7 Å². The minimum atomic E-state index is -0.722. The maximum absolute atomic E-state index is 11.1. The summed E-state index contributed by atoms with van der Waals surface area (Å²) < 4.78 is 5.59. The molecule has 0 amide bonds. The van der Waals surface area contributed by atoms with Crippen LogP contribution in [0.4, 0.5) is 17.1 Å². The first-order chi connectivity index (χ1) is 12.4. The molecule has 136 valence electrons. The molecule has 0 radical (unpaired) electrons. The summed E-state index contributed by atoms with van der Waals surface area (Å²) in [7, 11) is 0. The highest BCUT2D eigenvalue weighted by Crippen LogP contribution is 2.29. The van der Waals surface area contributed by atoms with E-state index in [0.29, 0.717) is 22.9 Å². The van der Waals surface area contributed by atoms with E-state index < -0.39 is 15.5 Å². The fourth-order valence-electron chi connectivity index (χ4n) is 2.01. The summed E-state index contributed by atoms with van der Waals surface area (Å²) in [6, 6.07) is 8.27. The van der Waals surface area contributed by atoms with Crippen LogP contribution < -0.4 is 10.2 Å². The van der Waals surface area contributed by atoms with Gasteiger partial charge >= 0.3 is 5.69 Å². The van der Waals surface area contributed by atoms with Crippen LogP contribution in [0.2, 0.25) is 5.02 Å². The number of rotatable bonds is 8. The maximum Gasteiger partial charge on any atom is 0.301 e. The number of halogens is 1. The Morgan fingerprint density at radius 3 is 2.62 bits per heavy atom. The molecule has 0 fully saturated rings. The molecule has 0 unspecified atom stereocenters. The summed E-state index contributed by atoms with van der Waals surface area (Å²) in [5, 5.41) is 26.3. The van der Waals surface area contributed by atoms with Gasteiger partial charge in [0.2, 0.25) is 0 Å². The number of nitro groups is 2. The Labute approximate surface area is 153 Å². The average molecular weight is 379 g/mol. The fourth-order valence-corrected chi connectivity index (χ4v) is 2.19. The summed E-state index contributed by atoms with van der Waals surface area (Å²) in [6.07, 6.45) is 2.23. The van der Waals surface area contributed by atoms with Crippen molar-refractivity contribution >= 4 is 34.9 Å². The van der Waals surface area contributed by atoms with E-state index in [-0.39, 0.29) is 11.4 Å². The second-order valence-electron chi connectivity index (χ2n) is 5.12. The van der Waals surface area contributed by atoms with Crippen molar-refractivity contribution < 1.29 is 14.6 Å². The molecule has 0 heterocycles. The quantitative estimate of drug-likeness (QED) is 0.413. The lowest BCUT2D eigenvalue weighted by Gasteiger charge is -2.08. The molecule has 2 rings (SSSR count). The molecular formula is C16H15ClN4O5. The second kappa shape index (κ2) is 8.77. The Kier molecular flexibility index (Phi) is 6.45. The molecule has 1 N–H and O–H groups in total. The van der Waals surface area contributed by atoms with E-state index in [1.54, 1.807) is 18.2 Å². The minimum Gasteiger partial charge on any atom is -0.493 e. The lowest BCUT2D eigenvalue weighted by Crippen LogP contribution is -2.01. The molecule has 9 nitrogen and oxygen atoms in total. The number of nitrogens with zero attached hydrogens (tertiary/aromatic N) is 3. The summed E-state index contributed by atoms with van der Waals surface area (Å²) >= 11 is 5.97. The van der Waals surface area contributed by atoms with Crippen molar-refractivity contribution in [3.05, 3.63) is 67.2 Å². The fraction of sp³-hybridized carbons (Fsp3) is 0.188. The highest BCUT2D eigenvalue weighted by Gasteiger charge is 2.19. The Morgan fingerprint density at radius 1 is 1.19 bits per heavy atom. The van der Waals surface area contributed by atoms with Crippen LogP contribution in [0.15, 0.2) is 41.5 Å². The predicted molar refractivity (Wildman–Crippen MR) is 98.2 cm³/mol. The summed E-state index contributed by atoms with van der Waals surface area (Å²) in [5.74, 6) is 0.569. The van der Waals surface area contributed by atoms with Gasteiger partial charge in [0.25, 0.3) is 5.69 Å². The van der Waals surface area contributed by atoms with Gasteiger partial charge in [0, 0.05) is 16.7 Å². The number of hydrogen-bond acceptors (Lipinski definition) is 7. The monoisotopic (exact) mass is 378 g/mol. The second-order valence-corrected chi connectivity index (χ2v) is 5.55. The van der Waals surface area contributed by atoms with Crippen LogP contribution in [0.3, 0.4) is 0 Å². The number of ether oxygens (including phenoxy) is 1. The van der Waals surface area contributed by atoms with Gasteiger partial charge in [-0.25, -0.2) is 0 Å². The Hall–Kier alpha value is -3.20. The topological polar surface area (TPSA) is 120 Å². The Bertz CT molecular complexity index is 857. The normalized spacial score (nSPS) is 10.7. The van der Waals surface area contributed by atoms with Gasteiger partial charge in [-0.15, -0.1) is 0 Å². The van der Waals surface area contributed by atoms with Gasteiger partial charge in [0.1, 0.15) is 11.4 Å². The highest BCUT2D eigenvalue weighted by atomic mass is 35.5. The van der Waals surface area contributed by atoms with Crippen LogP contribution in [0.25, 0.3) is 0 Å². The number of nitro benzene ring substituents is 2. The van der Waals surface area contributed by atoms with Gasteiger partial charge in [-0.05, 0) is 30.7 Å².